The number of aromatic nitrogens is 4. The van der Waals surface area contributed by atoms with Crippen LogP contribution >= 0.6 is 0 Å². The summed E-state index contributed by atoms with van der Waals surface area (Å²) in [6.07, 6.45) is 3.43. The normalized spacial score (nSPS) is 10.5. The number of hydrogen-bond donors (Lipinski definition) is 2. The largest absolute Gasteiger partial charge is 0.388 e. The quantitative estimate of drug-likeness (QED) is 0.709. The lowest BCUT2D eigenvalue weighted by Crippen LogP contribution is -2.14. The Bertz CT molecular complexity index is 489. The van der Waals surface area contributed by atoms with E-state index in [1.807, 2.05) is 0 Å². The number of rotatable bonds is 3. The first-order chi connectivity index (χ1) is 7.28. The maximum atomic E-state index is 11.2. The highest BCUT2D eigenvalue weighted by Crippen LogP contribution is 1.96. The van der Waals surface area contributed by atoms with Crippen LogP contribution in [-0.4, -0.2) is 24.9 Å². The highest BCUT2D eigenvalue weighted by atomic mass is 16.3. The van der Waals surface area contributed by atoms with Gasteiger partial charge in [0.05, 0.1) is 12.2 Å². The van der Waals surface area contributed by atoms with E-state index in [-0.39, 0.29) is 18.0 Å². The summed E-state index contributed by atoms with van der Waals surface area (Å²) in [5, 5.41) is 12.9. The second kappa shape index (κ2) is 4.05. The second-order valence-electron chi connectivity index (χ2n) is 3.05. The molecule has 0 fully saturated rings. The van der Waals surface area contributed by atoms with E-state index in [1.165, 1.54) is 6.07 Å². The summed E-state index contributed by atoms with van der Waals surface area (Å²) in [5.74, 6) is 0.268. The van der Waals surface area contributed by atoms with E-state index < -0.39 is 0 Å². The highest BCUT2D eigenvalue weighted by Gasteiger charge is 2.01. The minimum absolute atomic E-state index is 0.267. The van der Waals surface area contributed by atoms with Gasteiger partial charge in [-0.05, 0) is 6.07 Å². The molecule has 2 aromatic rings. The van der Waals surface area contributed by atoms with Crippen molar-refractivity contribution in [2.75, 3.05) is 0 Å². The van der Waals surface area contributed by atoms with Crippen molar-refractivity contribution >= 4 is 0 Å². The summed E-state index contributed by atoms with van der Waals surface area (Å²) in [4.78, 5) is 17.7. The van der Waals surface area contributed by atoms with Crippen LogP contribution in [0.5, 0.6) is 0 Å². The fourth-order valence-electron chi connectivity index (χ4n) is 1.28. The van der Waals surface area contributed by atoms with Gasteiger partial charge >= 0.3 is 0 Å². The van der Waals surface area contributed by atoms with E-state index in [1.54, 1.807) is 23.1 Å². The van der Waals surface area contributed by atoms with E-state index in [9.17, 15) is 4.79 Å². The number of nitrogens with one attached hydrogen (secondary N) is 1. The lowest BCUT2D eigenvalue weighted by atomic mass is 10.4. The molecule has 2 N–H and O–H groups in total. The molecule has 78 valence electrons. The molecule has 0 aliphatic heterocycles. The van der Waals surface area contributed by atoms with Crippen molar-refractivity contribution in [1.29, 1.82) is 0 Å². The average molecular weight is 206 g/mol. The molecule has 0 saturated carbocycles. The third-order valence-electron chi connectivity index (χ3n) is 1.88. The monoisotopic (exact) mass is 206 g/mol. The number of aliphatic hydroxyl groups is 1. The molecule has 0 aliphatic rings. The van der Waals surface area contributed by atoms with Gasteiger partial charge in [-0.3, -0.25) is 9.48 Å². The van der Waals surface area contributed by atoms with Gasteiger partial charge in [-0.15, -0.1) is 0 Å². The number of H-pyrrole nitrogens is 1. The number of aliphatic hydroxyl groups excluding tert-OH is 1. The van der Waals surface area contributed by atoms with Gasteiger partial charge in [0.2, 0.25) is 0 Å². The number of nitrogens with zero attached hydrogens (tertiary/aromatic N) is 3. The maximum Gasteiger partial charge on any atom is 0.251 e. The van der Waals surface area contributed by atoms with Gasteiger partial charge in [-0.2, -0.15) is 5.10 Å². The Morgan fingerprint density at radius 2 is 2.40 bits per heavy atom. The van der Waals surface area contributed by atoms with Crippen LogP contribution in [0.25, 0.3) is 0 Å². The minimum atomic E-state index is -0.276. The van der Waals surface area contributed by atoms with Crippen molar-refractivity contribution in [1.82, 2.24) is 19.7 Å². The molecule has 0 unspecified atom stereocenters. The maximum absolute atomic E-state index is 11.2. The van der Waals surface area contributed by atoms with Crippen molar-refractivity contribution in [2.45, 2.75) is 13.2 Å². The number of hydrogen-bond acceptors (Lipinski definition) is 4. The molecular weight excluding hydrogens is 196 g/mol. The Labute approximate surface area is 85.2 Å². The molecule has 6 nitrogen and oxygen atoms in total. The van der Waals surface area contributed by atoms with Crippen LogP contribution < -0.4 is 5.56 Å². The van der Waals surface area contributed by atoms with E-state index >= 15 is 0 Å². The van der Waals surface area contributed by atoms with Gasteiger partial charge in [-0.25, -0.2) is 4.98 Å². The molecule has 0 atom stereocenters. The van der Waals surface area contributed by atoms with Gasteiger partial charge < -0.3 is 10.1 Å². The average Bonchev–Trinajstić information content (AvgIpc) is 2.69. The smallest absolute Gasteiger partial charge is 0.251 e. The van der Waals surface area contributed by atoms with E-state index in [0.29, 0.717) is 12.2 Å². The van der Waals surface area contributed by atoms with Crippen LogP contribution in [0.4, 0.5) is 0 Å². The molecule has 2 heterocycles. The zero-order valence-corrected chi connectivity index (χ0v) is 7.92. The Morgan fingerprint density at radius 1 is 1.53 bits per heavy atom. The predicted octanol–water partition coefficient (Wildman–Crippen LogP) is -0.493. The molecule has 2 aromatic heterocycles. The molecule has 2 rings (SSSR count). The molecule has 15 heavy (non-hydrogen) atoms. The first-order valence-corrected chi connectivity index (χ1v) is 4.45. The van der Waals surface area contributed by atoms with Gasteiger partial charge in [-0.1, -0.05) is 0 Å². The highest BCUT2D eigenvalue weighted by molar-refractivity contribution is 5.03. The lowest BCUT2D eigenvalue weighted by Gasteiger charge is -2.02. The first kappa shape index (κ1) is 9.60. The Hall–Kier alpha value is -1.95. The molecule has 0 radical (unpaired) electrons. The van der Waals surface area contributed by atoms with Crippen molar-refractivity contribution in [3.63, 3.8) is 0 Å². The summed E-state index contributed by atoms with van der Waals surface area (Å²) in [7, 11) is 0. The minimum Gasteiger partial charge on any atom is -0.388 e. The Morgan fingerprint density at radius 3 is 3.07 bits per heavy atom. The topological polar surface area (TPSA) is 83.8 Å². The molecular formula is C9H10N4O2. The summed E-state index contributed by atoms with van der Waals surface area (Å²) in [5.41, 5.74) is 0.308. The molecule has 0 spiro atoms. The SMILES string of the molecule is O=c1cc(Cn2cccn2)nc(CO)[nH]1. The Balaban J connectivity index is 2.28. The van der Waals surface area contributed by atoms with Crippen LogP contribution in [0.3, 0.4) is 0 Å². The summed E-state index contributed by atoms with van der Waals surface area (Å²) in [6.45, 7) is 0.145. The summed E-state index contributed by atoms with van der Waals surface area (Å²) in [6, 6.07) is 3.18. The van der Waals surface area contributed by atoms with Gasteiger partial charge in [0.25, 0.3) is 5.56 Å². The predicted molar refractivity (Wildman–Crippen MR) is 52.1 cm³/mol. The zero-order valence-electron chi connectivity index (χ0n) is 7.92. The van der Waals surface area contributed by atoms with Gasteiger partial charge in [0.1, 0.15) is 12.4 Å². The molecule has 0 bridgehead atoms. The molecule has 6 heteroatoms. The van der Waals surface area contributed by atoms with E-state index in [4.69, 9.17) is 5.11 Å². The van der Waals surface area contributed by atoms with Crippen LogP contribution in [0.1, 0.15) is 11.5 Å². The first-order valence-electron chi connectivity index (χ1n) is 4.45. The zero-order chi connectivity index (χ0) is 10.7. The molecule has 0 aromatic carbocycles. The third kappa shape index (κ3) is 2.29. The van der Waals surface area contributed by atoms with Gasteiger partial charge in [0.15, 0.2) is 0 Å². The Kier molecular flexibility index (Phi) is 2.59. The molecule has 0 aliphatic carbocycles. The number of aromatic amines is 1. The van der Waals surface area contributed by atoms with Crippen molar-refractivity contribution in [2.24, 2.45) is 0 Å². The van der Waals surface area contributed by atoms with Crippen LogP contribution in [0.15, 0.2) is 29.3 Å². The third-order valence-corrected chi connectivity index (χ3v) is 1.88. The molecule has 0 amide bonds. The van der Waals surface area contributed by atoms with Crippen molar-refractivity contribution < 1.29 is 5.11 Å². The lowest BCUT2D eigenvalue weighted by molar-refractivity contribution is 0.270. The second-order valence-corrected chi connectivity index (χ2v) is 3.05. The van der Waals surface area contributed by atoms with E-state index in [0.717, 1.165) is 0 Å². The standard InChI is InChI=1S/C9H10N4O2/c14-6-8-11-7(4-9(15)12-8)5-13-3-1-2-10-13/h1-4,14H,5-6H2,(H,11,12,15). The van der Waals surface area contributed by atoms with Crippen LogP contribution in [0.2, 0.25) is 0 Å². The van der Waals surface area contributed by atoms with Crippen molar-refractivity contribution in [3.8, 4) is 0 Å². The van der Waals surface area contributed by atoms with Crippen LogP contribution in [-0.2, 0) is 13.2 Å². The molecule has 0 saturated heterocycles. The van der Waals surface area contributed by atoms with Gasteiger partial charge in [0, 0.05) is 18.5 Å². The summed E-state index contributed by atoms with van der Waals surface area (Å²) >= 11 is 0. The summed E-state index contributed by atoms with van der Waals surface area (Å²) < 4.78 is 1.66. The van der Waals surface area contributed by atoms with Crippen LogP contribution in [0, 0.1) is 0 Å². The fraction of sp³-hybridized carbons (Fsp3) is 0.222. The fourth-order valence-corrected chi connectivity index (χ4v) is 1.28. The van der Waals surface area contributed by atoms with Crippen molar-refractivity contribution in [3.05, 3.63) is 46.4 Å². The van der Waals surface area contributed by atoms with E-state index in [2.05, 4.69) is 15.1 Å².